The van der Waals surface area contributed by atoms with Crippen LogP contribution < -0.4 is 10.2 Å². The van der Waals surface area contributed by atoms with E-state index < -0.39 is 0 Å². The lowest BCUT2D eigenvalue weighted by molar-refractivity contribution is 0.0826. The van der Waals surface area contributed by atoms with Crippen LogP contribution in [0.1, 0.15) is 56.7 Å². The molecule has 0 bridgehead atoms. The Labute approximate surface area is 220 Å². The van der Waals surface area contributed by atoms with Crippen molar-refractivity contribution in [1.82, 2.24) is 34.7 Å². The van der Waals surface area contributed by atoms with E-state index in [0.29, 0.717) is 30.3 Å². The average Bonchev–Trinajstić information content (AvgIpc) is 3.49. The van der Waals surface area contributed by atoms with Gasteiger partial charge >= 0.3 is 0 Å². The first-order valence-corrected chi connectivity index (χ1v) is 12.9. The average molecular weight is 511 g/mol. The van der Waals surface area contributed by atoms with Crippen molar-refractivity contribution < 1.29 is 9.59 Å². The molecule has 1 saturated carbocycles. The van der Waals surface area contributed by atoms with Gasteiger partial charge in [0.1, 0.15) is 17.5 Å². The van der Waals surface area contributed by atoms with Crippen molar-refractivity contribution in [3.8, 4) is 11.4 Å². The van der Waals surface area contributed by atoms with Gasteiger partial charge in [-0.2, -0.15) is 0 Å². The molecule has 3 aromatic heterocycles. The molecule has 0 atom stereocenters. The molecule has 2 aliphatic rings. The number of aromatic nitrogens is 5. The van der Waals surface area contributed by atoms with Gasteiger partial charge in [-0.05, 0) is 30.5 Å². The maximum atomic E-state index is 13.3. The van der Waals surface area contributed by atoms with Gasteiger partial charge in [-0.15, -0.1) is 0 Å². The van der Waals surface area contributed by atoms with Gasteiger partial charge < -0.3 is 24.7 Å². The Morgan fingerprint density at radius 3 is 2.55 bits per heavy atom. The maximum Gasteiger partial charge on any atom is 0.272 e. The SMILES string of the molecule is CN(C)C(=O)c1ccc(N2CCn3c(C4CC4)nc(C(=O)NCc4ccc(-c5ncc[nH]5)cc4)c3C2)nc1. The highest BCUT2D eigenvalue weighted by Gasteiger charge is 2.35. The number of rotatable bonds is 7. The van der Waals surface area contributed by atoms with Crippen molar-refractivity contribution in [1.29, 1.82) is 0 Å². The fourth-order valence-electron chi connectivity index (χ4n) is 4.85. The first kappa shape index (κ1) is 23.9. The molecule has 10 nitrogen and oxygen atoms in total. The lowest BCUT2D eigenvalue weighted by Gasteiger charge is -2.30. The number of carbonyl (C=O) groups is 2. The number of H-pyrrole nitrogens is 1. The Morgan fingerprint density at radius 2 is 1.89 bits per heavy atom. The van der Waals surface area contributed by atoms with Gasteiger partial charge in [0.05, 0.1) is 17.8 Å². The van der Waals surface area contributed by atoms with E-state index in [1.54, 1.807) is 38.8 Å². The molecule has 4 heterocycles. The standard InChI is InChI=1S/C28H30N8O2/c1-34(2)28(38)21-9-10-23(31-16-21)35-13-14-36-22(17-35)24(33-26(36)20-7-8-20)27(37)32-15-18-3-5-19(6-4-18)25-29-11-12-30-25/h3-6,9-12,16,20H,7-8,13-15,17H2,1-2H3,(H,29,30)(H,32,37). The summed E-state index contributed by atoms with van der Waals surface area (Å²) in [6.45, 7) is 2.46. The molecule has 1 aromatic carbocycles. The Bertz CT molecular complexity index is 1450. The summed E-state index contributed by atoms with van der Waals surface area (Å²) in [7, 11) is 3.45. The van der Waals surface area contributed by atoms with Crippen molar-refractivity contribution in [3.63, 3.8) is 0 Å². The van der Waals surface area contributed by atoms with Crippen LogP contribution >= 0.6 is 0 Å². The van der Waals surface area contributed by atoms with E-state index in [1.165, 1.54) is 4.90 Å². The number of benzene rings is 1. The van der Waals surface area contributed by atoms with Crippen LogP contribution in [0, 0.1) is 0 Å². The highest BCUT2D eigenvalue weighted by molar-refractivity contribution is 5.94. The second-order valence-corrected chi connectivity index (χ2v) is 10.0. The lowest BCUT2D eigenvalue weighted by atomic mass is 10.1. The van der Waals surface area contributed by atoms with Gasteiger partial charge in [0.25, 0.3) is 11.8 Å². The minimum atomic E-state index is -0.169. The number of nitrogens with zero attached hydrogens (tertiary/aromatic N) is 6. The van der Waals surface area contributed by atoms with Crippen molar-refractivity contribution in [2.45, 2.75) is 38.4 Å². The van der Waals surface area contributed by atoms with E-state index in [9.17, 15) is 9.59 Å². The van der Waals surface area contributed by atoms with Gasteiger partial charge in [-0.25, -0.2) is 15.0 Å². The van der Waals surface area contributed by atoms with E-state index in [2.05, 4.69) is 29.7 Å². The van der Waals surface area contributed by atoms with Crippen LogP contribution in [0.3, 0.4) is 0 Å². The summed E-state index contributed by atoms with van der Waals surface area (Å²) in [5, 5.41) is 3.06. The number of fused-ring (bicyclic) bond motifs is 1. The van der Waals surface area contributed by atoms with Gasteiger partial charge in [-0.3, -0.25) is 9.59 Å². The molecule has 0 spiro atoms. The van der Waals surface area contributed by atoms with Crippen LogP contribution in [0.4, 0.5) is 5.82 Å². The zero-order valence-electron chi connectivity index (χ0n) is 21.5. The molecule has 0 saturated heterocycles. The van der Waals surface area contributed by atoms with E-state index >= 15 is 0 Å². The first-order chi connectivity index (χ1) is 18.5. The van der Waals surface area contributed by atoms with Crippen LogP contribution in [0.5, 0.6) is 0 Å². The number of carbonyl (C=O) groups excluding carboxylic acids is 2. The predicted molar refractivity (Wildman–Crippen MR) is 143 cm³/mol. The van der Waals surface area contributed by atoms with Gasteiger partial charge in [-0.1, -0.05) is 24.3 Å². The quantitative estimate of drug-likeness (QED) is 0.395. The predicted octanol–water partition coefficient (Wildman–Crippen LogP) is 3.20. The minimum Gasteiger partial charge on any atom is -0.349 e. The molecular formula is C28H30N8O2. The fourth-order valence-corrected chi connectivity index (χ4v) is 4.85. The number of pyridine rings is 1. The number of hydrogen-bond acceptors (Lipinski definition) is 6. The molecule has 10 heteroatoms. The van der Waals surface area contributed by atoms with E-state index in [0.717, 1.165) is 60.2 Å². The third-order valence-corrected chi connectivity index (χ3v) is 7.10. The molecule has 4 aromatic rings. The second kappa shape index (κ2) is 9.77. The molecule has 2 amide bonds. The maximum absolute atomic E-state index is 13.3. The van der Waals surface area contributed by atoms with Gasteiger partial charge in [0.15, 0.2) is 5.69 Å². The number of amides is 2. The molecule has 6 rings (SSSR count). The summed E-state index contributed by atoms with van der Waals surface area (Å²) in [6.07, 6.45) is 7.37. The highest BCUT2D eigenvalue weighted by atomic mass is 16.2. The van der Waals surface area contributed by atoms with Crippen LogP contribution in [-0.4, -0.2) is 61.9 Å². The van der Waals surface area contributed by atoms with E-state index in [1.807, 2.05) is 30.3 Å². The van der Waals surface area contributed by atoms with Crippen molar-refractivity contribution in [2.75, 3.05) is 25.5 Å². The third kappa shape index (κ3) is 4.65. The molecule has 194 valence electrons. The summed E-state index contributed by atoms with van der Waals surface area (Å²) in [5.41, 5.74) is 3.95. The monoisotopic (exact) mass is 510 g/mol. The first-order valence-electron chi connectivity index (χ1n) is 12.9. The summed E-state index contributed by atoms with van der Waals surface area (Å²) < 4.78 is 2.23. The molecule has 1 aliphatic carbocycles. The van der Waals surface area contributed by atoms with Crippen molar-refractivity contribution >= 4 is 17.6 Å². The second-order valence-electron chi connectivity index (χ2n) is 10.0. The number of aromatic amines is 1. The topological polar surface area (TPSA) is 112 Å². The summed E-state index contributed by atoms with van der Waals surface area (Å²) in [5.74, 6) is 2.80. The highest BCUT2D eigenvalue weighted by Crippen LogP contribution is 2.41. The lowest BCUT2D eigenvalue weighted by Crippen LogP contribution is -2.36. The molecule has 1 fully saturated rings. The number of imidazole rings is 2. The number of hydrogen-bond donors (Lipinski definition) is 2. The third-order valence-electron chi connectivity index (χ3n) is 7.10. The van der Waals surface area contributed by atoms with Crippen LogP contribution in [0.25, 0.3) is 11.4 Å². The summed E-state index contributed by atoms with van der Waals surface area (Å²) in [6, 6.07) is 11.6. The Hall–Kier alpha value is -4.47. The van der Waals surface area contributed by atoms with Crippen molar-refractivity contribution in [3.05, 3.63) is 83.3 Å². The zero-order chi connectivity index (χ0) is 26.2. The fraction of sp³-hybridized carbons (Fsp3) is 0.321. The normalized spacial score (nSPS) is 14.7. The van der Waals surface area contributed by atoms with Gasteiger partial charge in [0, 0.05) is 63.8 Å². The molecule has 38 heavy (non-hydrogen) atoms. The van der Waals surface area contributed by atoms with E-state index in [4.69, 9.17) is 4.98 Å². The number of anilines is 1. The molecular weight excluding hydrogens is 480 g/mol. The minimum absolute atomic E-state index is 0.0793. The zero-order valence-corrected chi connectivity index (χ0v) is 21.5. The van der Waals surface area contributed by atoms with Crippen LogP contribution in [0.2, 0.25) is 0 Å². The van der Waals surface area contributed by atoms with Crippen LogP contribution in [0.15, 0.2) is 55.0 Å². The Kier molecular flexibility index (Phi) is 6.15. The molecule has 2 N–H and O–H groups in total. The Balaban J connectivity index is 1.18. The number of nitrogens with one attached hydrogen (secondary N) is 2. The Morgan fingerprint density at radius 1 is 1.08 bits per heavy atom. The van der Waals surface area contributed by atoms with Crippen LogP contribution in [-0.2, 0) is 19.6 Å². The smallest absolute Gasteiger partial charge is 0.272 e. The van der Waals surface area contributed by atoms with Gasteiger partial charge in [0.2, 0.25) is 0 Å². The van der Waals surface area contributed by atoms with Crippen molar-refractivity contribution in [2.24, 2.45) is 0 Å². The summed E-state index contributed by atoms with van der Waals surface area (Å²) in [4.78, 5) is 46.0. The molecule has 1 aliphatic heterocycles. The summed E-state index contributed by atoms with van der Waals surface area (Å²) >= 11 is 0. The molecule has 0 radical (unpaired) electrons. The molecule has 0 unspecified atom stereocenters. The largest absolute Gasteiger partial charge is 0.349 e. The van der Waals surface area contributed by atoms with E-state index in [-0.39, 0.29) is 11.8 Å².